The van der Waals surface area contributed by atoms with E-state index in [9.17, 15) is 0 Å². The van der Waals surface area contributed by atoms with Gasteiger partial charge in [0.2, 0.25) is 0 Å². The van der Waals surface area contributed by atoms with Gasteiger partial charge in [0.05, 0.1) is 13.2 Å². The summed E-state index contributed by atoms with van der Waals surface area (Å²) in [5, 5.41) is 2.27. The van der Waals surface area contributed by atoms with E-state index < -0.39 is 0 Å². The summed E-state index contributed by atoms with van der Waals surface area (Å²) in [6.45, 7) is 5.72. The summed E-state index contributed by atoms with van der Waals surface area (Å²) < 4.78 is 11.9. The van der Waals surface area contributed by atoms with E-state index in [1.54, 1.807) is 0 Å². The number of aryl methyl sites for hydroxylation is 1. The second kappa shape index (κ2) is 9.67. The molecule has 2 rings (SSSR count). The molecule has 0 heterocycles. The van der Waals surface area contributed by atoms with Crippen LogP contribution >= 0.6 is 11.6 Å². The van der Waals surface area contributed by atoms with Crippen LogP contribution in [0.3, 0.4) is 0 Å². The van der Waals surface area contributed by atoms with Crippen molar-refractivity contribution in [1.29, 1.82) is 0 Å². The molecule has 0 saturated carbocycles. The van der Waals surface area contributed by atoms with Gasteiger partial charge < -0.3 is 9.47 Å². The maximum Gasteiger partial charge on any atom is 0.127 e. The van der Waals surface area contributed by atoms with Crippen molar-refractivity contribution in [1.82, 2.24) is 0 Å². The van der Waals surface area contributed by atoms with E-state index in [4.69, 9.17) is 21.1 Å². The highest BCUT2D eigenvalue weighted by molar-refractivity contribution is 6.17. The molecule has 0 aliphatic rings. The lowest BCUT2D eigenvalue weighted by Crippen LogP contribution is -2.00. The largest absolute Gasteiger partial charge is 0.493 e. The van der Waals surface area contributed by atoms with Gasteiger partial charge in [-0.05, 0) is 44.4 Å². The van der Waals surface area contributed by atoms with Gasteiger partial charge in [-0.1, -0.05) is 37.5 Å². The molecular weight excluding hydrogens is 308 g/mol. The van der Waals surface area contributed by atoms with Crippen LogP contribution in [-0.2, 0) is 0 Å². The van der Waals surface area contributed by atoms with E-state index in [0.717, 1.165) is 60.6 Å². The van der Waals surface area contributed by atoms with Crippen LogP contribution in [0.2, 0.25) is 0 Å². The van der Waals surface area contributed by atoms with E-state index in [-0.39, 0.29) is 0 Å². The van der Waals surface area contributed by atoms with Crippen molar-refractivity contribution in [3.05, 3.63) is 35.9 Å². The monoisotopic (exact) mass is 334 g/mol. The van der Waals surface area contributed by atoms with Crippen molar-refractivity contribution in [3.63, 3.8) is 0 Å². The molecule has 0 N–H and O–H groups in total. The summed E-state index contributed by atoms with van der Waals surface area (Å²) in [5.41, 5.74) is 1.23. The molecule has 23 heavy (non-hydrogen) atoms. The van der Waals surface area contributed by atoms with Crippen LogP contribution in [-0.4, -0.2) is 19.1 Å². The van der Waals surface area contributed by atoms with Crippen LogP contribution in [0.15, 0.2) is 30.3 Å². The Kier molecular flexibility index (Phi) is 7.54. The lowest BCUT2D eigenvalue weighted by molar-refractivity contribution is 0.305. The molecule has 0 bridgehead atoms. The lowest BCUT2D eigenvalue weighted by Gasteiger charge is -2.14. The first-order chi connectivity index (χ1) is 11.3. The molecule has 2 nitrogen and oxygen atoms in total. The van der Waals surface area contributed by atoms with Gasteiger partial charge in [0.25, 0.3) is 0 Å². The van der Waals surface area contributed by atoms with E-state index in [2.05, 4.69) is 32.0 Å². The minimum absolute atomic E-state index is 0.740. The normalized spacial score (nSPS) is 10.9. The number of hydrogen-bond acceptors (Lipinski definition) is 2. The predicted molar refractivity (Wildman–Crippen MR) is 99.2 cm³/mol. The number of rotatable bonds is 10. The molecule has 0 atom stereocenters. The van der Waals surface area contributed by atoms with Gasteiger partial charge in [-0.2, -0.15) is 0 Å². The molecule has 0 saturated heterocycles. The summed E-state index contributed by atoms with van der Waals surface area (Å²) in [6, 6.07) is 10.5. The summed E-state index contributed by atoms with van der Waals surface area (Å²) in [7, 11) is 0. The molecule has 0 amide bonds. The maximum absolute atomic E-state index is 6.03. The predicted octanol–water partition coefficient (Wildman–Crippen LogP) is 6.12. The van der Waals surface area contributed by atoms with Crippen molar-refractivity contribution in [2.24, 2.45) is 0 Å². The SMILES string of the molecule is CCCOc1ccc(OCCCCCCCl)c2cc(C)ccc12. The molecule has 0 aromatic heterocycles. The third kappa shape index (κ3) is 5.31. The Morgan fingerprint density at radius 3 is 2.26 bits per heavy atom. The average molecular weight is 335 g/mol. The summed E-state index contributed by atoms with van der Waals surface area (Å²) in [6.07, 6.45) is 5.51. The summed E-state index contributed by atoms with van der Waals surface area (Å²) in [4.78, 5) is 0. The first-order valence-electron chi connectivity index (χ1n) is 8.61. The maximum atomic E-state index is 6.03. The molecule has 2 aromatic rings. The van der Waals surface area contributed by atoms with Gasteiger partial charge in [0.1, 0.15) is 11.5 Å². The fourth-order valence-corrected chi connectivity index (χ4v) is 2.79. The number of ether oxygens (including phenoxy) is 2. The number of hydrogen-bond donors (Lipinski definition) is 0. The Labute approximate surface area is 144 Å². The van der Waals surface area contributed by atoms with Gasteiger partial charge in [-0.25, -0.2) is 0 Å². The summed E-state index contributed by atoms with van der Waals surface area (Å²) >= 11 is 5.70. The number of benzene rings is 2. The number of alkyl halides is 1. The Bertz CT molecular complexity index is 610. The second-order valence-corrected chi connectivity index (χ2v) is 6.29. The van der Waals surface area contributed by atoms with Crippen LogP contribution in [0.1, 0.15) is 44.6 Å². The van der Waals surface area contributed by atoms with Gasteiger partial charge in [0.15, 0.2) is 0 Å². The minimum atomic E-state index is 0.740. The Morgan fingerprint density at radius 1 is 0.826 bits per heavy atom. The van der Waals surface area contributed by atoms with Crippen molar-refractivity contribution in [2.75, 3.05) is 19.1 Å². The molecule has 0 fully saturated rings. The lowest BCUT2D eigenvalue weighted by atomic mass is 10.1. The van der Waals surface area contributed by atoms with Crippen molar-refractivity contribution < 1.29 is 9.47 Å². The first-order valence-corrected chi connectivity index (χ1v) is 9.14. The zero-order valence-electron chi connectivity index (χ0n) is 14.2. The smallest absolute Gasteiger partial charge is 0.127 e. The van der Waals surface area contributed by atoms with Crippen molar-refractivity contribution in [2.45, 2.75) is 46.0 Å². The van der Waals surface area contributed by atoms with Gasteiger partial charge >= 0.3 is 0 Å². The highest BCUT2D eigenvalue weighted by atomic mass is 35.5. The van der Waals surface area contributed by atoms with E-state index in [1.165, 1.54) is 18.4 Å². The second-order valence-electron chi connectivity index (χ2n) is 5.91. The fraction of sp³-hybridized carbons (Fsp3) is 0.500. The van der Waals surface area contributed by atoms with Gasteiger partial charge in [-0.3, -0.25) is 0 Å². The molecule has 0 radical (unpaired) electrons. The minimum Gasteiger partial charge on any atom is -0.493 e. The Morgan fingerprint density at radius 2 is 1.52 bits per heavy atom. The number of fused-ring (bicyclic) bond motifs is 1. The molecule has 0 aliphatic carbocycles. The zero-order chi connectivity index (χ0) is 16.5. The summed E-state index contributed by atoms with van der Waals surface area (Å²) in [5.74, 6) is 2.64. The van der Waals surface area contributed by atoms with Gasteiger partial charge in [0, 0.05) is 16.7 Å². The molecule has 2 aromatic carbocycles. The number of halogens is 1. The highest BCUT2D eigenvalue weighted by Crippen LogP contribution is 2.34. The molecule has 0 spiro atoms. The zero-order valence-corrected chi connectivity index (χ0v) is 15.0. The van der Waals surface area contributed by atoms with E-state index in [1.807, 2.05) is 12.1 Å². The van der Waals surface area contributed by atoms with Crippen LogP contribution in [0.25, 0.3) is 10.8 Å². The van der Waals surface area contributed by atoms with Crippen molar-refractivity contribution >= 4 is 22.4 Å². The molecular formula is C20H27ClO2. The molecule has 3 heteroatoms. The van der Waals surface area contributed by atoms with Crippen LogP contribution in [0, 0.1) is 6.92 Å². The molecule has 0 aliphatic heterocycles. The molecule has 126 valence electrons. The van der Waals surface area contributed by atoms with Crippen molar-refractivity contribution in [3.8, 4) is 11.5 Å². The Hall–Kier alpha value is -1.41. The van der Waals surface area contributed by atoms with Crippen LogP contribution in [0.5, 0.6) is 11.5 Å². The molecule has 0 unspecified atom stereocenters. The Balaban J connectivity index is 2.09. The van der Waals surface area contributed by atoms with Gasteiger partial charge in [-0.15, -0.1) is 11.6 Å². The average Bonchev–Trinajstić information content (AvgIpc) is 2.56. The number of unbranched alkanes of at least 4 members (excludes halogenated alkanes) is 3. The van der Waals surface area contributed by atoms with Crippen LogP contribution < -0.4 is 9.47 Å². The van der Waals surface area contributed by atoms with Crippen LogP contribution in [0.4, 0.5) is 0 Å². The highest BCUT2D eigenvalue weighted by Gasteiger charge is 2.08. The third-order valence-electron chi connectivity index (χ3n) is 3.84. The first kappa shape index (κ1) is 17.9. The quantitative estimate of drug-likeness (QED) is 0.385. The van der Waals surface area contributed by atoms with E-state index >= 15 is 0 Å². The third-order valence-corrected chi connectivity index (χ3v) is 4.11. The van der Waals surface area contributed by atoms with E-state index in [0.29, 0.717) is 0 Å². The standard InChI is InChI=1S/C20H27ClO2/c1-3-13-22-19-10-11-20(23-14-7-5-4-6-12-21)18-15-16(2)8-9-17(18)19/h8-11,15H,3-7,12-14H2,1-2H3. The fourth-order valence-electron chi connectivity index (χ4n) is 2.60. The topological polar surface area (TPSA) is 18.5 Å².